The summed E-state index contributed by atoms with van der Waals surface area (Å²) in [5, 5.41) is 7.20. The van der Waals surface area contributed by atoms with Crippen molar-refractivity contribution in [3.8, 4) is 0 Å². The molecular weight excluding hydrogens is 481 g/mol. The number of rotatable bonds is 4. The first-order valence-electron chi connectivity index (χ1n) is 11.4. The minimum Gasteiger partial charge on any atom is -0.362 e. The monoisotopic (exact) mass is 503 g/mol. The first-order valence-corrected chi connectivity index (χ1v) is 12.1. The van der Waals surface area contributed by atoms with E-state index in [0.29, 0.717) is 51.0 Å². The zero-order chi connectivity index (χ0) is 24.5. The third-order valence-electron chi connectivity index (χ3n) is 6.54. The summed E-state index contributed by atoms with van der Waals surface area (Å²) in [4.78, 5) is 31.3. The van der Waals surface area contributed by atoms with Crippen molar-refractivity contribution in [1.29, 1.82) is 0 Å². The van der Waals surface area contributed by atoms with Crippen molar-refractivity contribution in [2.75, 3.05) is 5.32 Å². The highest BCUT2D eigenvalue weighted by Crippen LogP contribution is 2.47. The maximum atomic E-state index is 13.7. The largest absolute Gasteiger partial charge is 0.362 e. The molecule has 2 unspecified atom stereocenters. The Morgan fingerprint density at radius 2 is 1.86 bits per heavy atom. The fourth-order valence-corrected chi connectivity index (χ4v) is 5.50. The summed E-state index contributed by atoms with van der Waals surface area (Å²) in [6, 6.07) is 18.7. The lowest BCUT2D eigenvalue weighted by atomic mass is 9.71. The average Bonchev–Trinajstić information content (AvgIpc) is 2.84. The van der Waals surface area contributed by atoms with Gasteiger partial charge in [-0.1, -0.05) is 59.6 Å². The highest BCUT2D eigenvalue weighted by atomic mass is 35.5. The smallest absolute Gasteiger partial charge is 0.254 e. The molecule has 1 aliphatic carbocycles. The summed E-state index contributed by atoms with van der Waals surface area (Å²) in [5.41, 5.74) is 4.91. The quantitative estimate of drug-likeness (QED) is 0.432. The van der Waals surface area contributed by atoms with Crippen molar-refractivity contribution >= 4 is 40.6 Å². The van der Waals surface area contributed by atoms with E-state index in [0.717, 1.165) is 11.3 Å². The number of hydrogen-bond donors (Lipinski definition) is 2. The Morgan fingerprint density at radius 3 is 2.57 bits per heavy atom. The first-order chi connectivity index (χ1) is 16.9. The van der Waals surface area contributed by atoms with Gasteiger partial charge in [-0.2, -0.15) is 0 Å². The molecule has 0 saturated heterocycles. The van der Waals surface area contributed by atoms with Crippen LogP contribution in [0.3, 0.4) is 0 Å². The second kappa shape index (κ2) is 9.68. The number of aromatic nitrogens is 1. The lowest BCUT2D eigenvalue weighted by molar-refractivity contribution is -0.116. The molecule has 2 atom stereocenters. The molecular formula is C28H23Cl2N3O2. The maximum absolute atomic E-state index is 13.7. The molecule has 35 heavy (non-hydrogen) atoms. The van der Waals surface area contributed by atoms with Crippen LogP contribution in [0.5, 0.6) is 0 Å². The van der Waals surface area contributed by atoms with Crippen molar-refractivity contribution in [3.63, 3.8) is 0 Å². The summed E-state index contributed by atoms with van der Waals surface area (Å²) in [5.74, 6) is -0.863. The van der Waals surface area contributed by atoms with E-state index in [1.807, 2.05) is 25.1 Å². The van der Waals surface area contributed by atoms with Crippen LogP contribution in [0.25, 0.3) is 0 Å². The van der Waals surface area contributed by atoms with Gasteiger partial charge in [0.15, 0.2) is 5.78 Å². The van der Waals surface area contributed by atoms with Crippen LogP contribution in [-0.2, 0) is 9.59 Å². The Kier molecular flexibility index (Phi) is 6.46. The van der Waals surface area contributed by atoms with Crippen LogP contribution >= 0.6 is 23.2 Å². The number of nitrogens with zero attached hydrogens (tertiary/aromatic N) is 1. The van der Waals surface area contributed by atoms with E-state index in [-0.39, 0.29) is 17.6 Å². The van der Waals surface area contributed by atoms with Crippen molar-refractivity contribution in [3.05, 3.63) is 117 Å². The Balaban J connectivity index is 1.60. The molecule has 0 spiro atoms. The van der Waals surface area contributed by atoms with Crippen molar-refractivity contribution < 1.29 is 9.59 Å². The van der Waals surface area contributed by atoms with E-state index >= 15 is 0 Å². The molecule has 2 aliphatic rings. The summed E-state index contributed by atoms with van der Waals surface area (Å²) < 4.78 is 0. The van der Waals surface area contributed by atoms with E-state index < -0.39 is 5.92 Å². The first kappa shape index (κ1) is 23.3. The van der Waals surface area contributed by atoms with Gasteiger partial charge in [0.1, 0.15) is 0 Å². The van der Waals surface area contributed by atoms with Crippen molar-refractivity contribution in [2.24, 2.45) is 0 Å². The molecule has 0 saturated carbocycles. The van der Waals surface area contributed by atoms with Crippen LogP contribution in [0.4, 0.5) is 5.69 Å². The van der Waals surface area contributed by atoms with Crippen LogP contribution in [0.2, 0.25) is 10.0 Å². The number of anilines is 1. The maximum Gasteiger partial charge on any atom is 0.254 e. The average molecular weight is 504 g/mol. The minimum atomic E-state index is -0.614. The number of nitrogens with one attached hydrogen (secondary N) is 2. The molecule has 0 radical (unpaired) electrons. The van der Waals surface area contributed by atoms with Crippen molar-refractivity contribution in [2.45, 2.75) is 31.6 Å². The zero-order valence-electron chi connectivity index (χ0n) is 19.0. The van der Waals surface area contributed by atoms with Gasteiger partial charge >= 0.3 is 0 Å². The Labute approximate surface area is 213 Å². The van der Waals surface area contributed by atoms with Crippen LogP contribution < -0.4 is 10.6 Å². The molecule has 1 aromatic heterocycles. The van der Waals surface area contributed by atoms with Gasteiger partial charge < -0.3 is 10.6 Å². The van der Waals surface area contributed by atoms with Gasteiger partial charge in [-0.05, 0) is 54.7 Å². The molecule has 1 aliphatic heterocycles. The number of ketones is 1. The number of halogens is 2. The zero-order valence-corrected chi connectivity index (χ0v) is 20.5. The number of dihydropyridines is 1. The molecule has 176 valence electrons. The molecule has 5 nitrogen and oxygen atoms in total. The highest BCUT2D eigenvalue weighted by Gasteiger charge is 2.41. The van der Waals surface area contributed by atoms with E-state index in [2.05, 4.69) is 27.8 Å². The van der Waals surface area contributed by atoms with Gasteiger partial charge in [-0.3, -0.25) is 14.6 Å². The van der Waals surface area contributed by atoms with Gasteiger partial charge in [0.25, 0.3) is 5.91 Å². The molecule has 2 N–H and O–H groups in total. The summed E-state index contributed by atoms with van der Waals surface area (Å²) in [7, 11) is 0. The van der Waals surface area contributed by atoms with E-state index in [9.17, 15) is 9.59 Å². The van der Waals surface area contributed by atoms with Crippen LogP contribution in [0.15, 0.2) is 95.6 Å². The summed E-state index contributed by atoms with van der Waals surface area (Å²) in [6.07, 6.45) is 4.25. The predicted molar refractivity (Wildman–Crippen MR) is 138 cm³/mol. The number of carbonyl (C=O) groups excluding carboxylic acids is 2. The van der Waals surface area contributed by atoms with Gasteiger partial charge in [-0.15, -0.1) is 0 Å². The number of pyridine rings is 1. The number of hydrogen-bond acceptors (Lipinski definition) is 4. The van der Waals surface area contributed by atoms with Crippen LogP contribution in [0.1, 0.15) is 42.7 Å². The normalized spacial score (nSPS) is 19.8. The van der Waals surface area contributed by atoms with Crippen LogP contribution in [-0.4, -0.2) is 16.7 Å². The molecule has 1 amide bonds. The third-order valence-corrected chi connectivity index (χ3v) is 7.10. The molecule has 5 rings (SSSR count). The second-order valence-electron chi connectivity index (χ2n) is 8.79. The van der Waals surface area contributed by atoms with E-state index in [1.54, 1.807) is 42.7 Å². The lowest BCUT2D eigenvalue weighted by Crippen LogP contribution is -2.37. The van der Waals surface area contributed by atoms with Crippen LogP contribution in [0, 0.1) is 0 Å². The number of Topliss-reactive ketones (excluding diaryl/α,β-unsaturated/α-hetero) is 1. The number of carbonyl (C=O) groups is 2. The highest BCUT2D eigenvalue weighted by molar-refractivity contribution is 6.35. The molecule has 2 heterocycles. The Bertz CT molecular complexity index is 1370. The molecule has 7 heteroatoms. The molecule has 3 aromatic rings. The topological polar surface area (TPSA) is 71.1 Å². The summed E-state index contributed by atoms with van der Waals surface area (Å²) >= 11 is 12.8. The predicted octanol–water partition coefficient (Wildman–Crippen LogP) is 6.39. The second-order valence-corrected chi connectivity index (χ2v) is 9.63. The van der Waals surface area contributed by atoms with Crippen molar-refractivity contribution in [1.82, 2.24) is 10.3 Å². The Morgan fingerprint density at radius 1 is 1.06 bits per heavy atom. The van der Waals surface area contributed by atoms with Gasteiger partial charge in [0.2, 0.25) is 0 Å². The standard InChI is InChI=1S/C28H23Cl2N3O2/c1-16-25(28(35)33-20-8-5-11-31-15-20)26(21-10-9-19(29)14-22(21)30)27-23(32-16)12-18(13-24(27)34)17-6-3-2-4-7-17/h2-11,14-15,18,26,32H,12-13H2,1H3,(H,33,35). The minimum absolute atomic E-state index is 0.00259. The Hall–Kier alpha value is -3.41. The molecule has 0 bridgehead atoms. The molecule has 0 fully saturated rings. The SMILES string of the molecule is CC1=C(C(=O)Nc2cccnc2)C(c2ccc(Cl)cc2Cl)C2=C(CC(c3ccccc3)CC2=O)N1. The van der Waals surface area contributed by atoms with E-state index in [4.69, 9.17) is 23.2 Å². The van der Waals surface area contributed by atoms with Gasteiger partial charge in [0.05, 0.1) is 11.9 Å². The number of amides is 1. The number of allylic oxidation sites excluding steroid dienone is 3. The third kappa shape index (κ3) is 4.62. The van der Waals surface area contributed by atoms with E-state index in [1.165, 1.54) is 0 Å². The summed E-state index contributed by atoms with van der Waals surface area (Å²) in [6.45, 7) is 1.86. The molecule has 2 aromatic carbocycles. The fourth-order valence-electron chi connectivity index (χ4n) is 4.98. The van der Waals surface area contributed by atoms with Gasteiger partial charge in [0, 0.05) is 51.1 Å². The van der Waals surface area contributed by atoms with Gasteiger partial charge in [-0.25, -0.2) is 0 Å². The fraction of sp³-hybridized carbons (Fsp3) is 0.179. The lowest BCUT2D eigenvalue weighted by Gasteiger charge is -2.37. The number of benzene rings is 2.